The minimum absolute atomic E-state index is 0.0719. The molecule has 0 bridgehead atoms. The van der Waals surface area contributed by atoms with Crippen LogP contribution < -0.4 is 10.6 Å². The molecule has 156 valence electrons. The summed E-state index contributed by atoms with van der Waals surface area (Å²) in [7, 11) is 0. The normalized spacial score (nSPS) is 14.0. The minimum Gasteiger partial charge on any atom is -0.325 e. The van der Waals surface area contributed by atoms with Crippen molar-refractivity contribution >= 4 is 34.5 Å². The van der Waals surface area contributed by atoms with E-state index in [1.807, 2.05) is 18.2 Å². The van der Waals surface area contributed by atoms with E-state index in [0.29, 0.717) is 29.1 Å². The molecule has 6 heteroatoms. The number of amides is 2. The lowest BCUT2D eigenvalue weighted by atomic mass is 10.0. The second-order valence-corrected chi connectivity index (χ2v) is 7.32. The van der Waals surface area contributed by atoms with E-state index in [9.17, 15) is 14.4 Å². The topological polar surface area (TPSA) is 78.5 Å². The fraction of sp³-hybridized carbons (Fsp3) is 0.292. The Morgan fingerprint density at radius 1 is 1.00 bits per heavy atom. The van der Waals surface area contributed by atoms with Gasteiger partial charge in [0.2, 0.25) is 5.91 Å². The zero-order valence-corrected chi connectivity index (χ0v) is 17.4. The second-order valence-electron chi connectivity index (χ2n) is 7.32. The van der Waals surface area contributed by atoms with Crippen LogP contribution in [0.25, 0.3) is 5.57 Å². The van der Waals surface area contributed by atoms with Gasteiger partial charge in [0.25, 0.3) is 5.91 Å². The highest BCUT2D eigenvalue weighted by Gasteiger charge is 2.24. The Bertz CT molecular complexity index is 958. The maximum absolute atomic E-state index is 12.6. The smallest absolute Gasteiger partial charge is 0.256 e. The monoisotopic (exact) mass is 405 g/mol. The molecule has 1 aliphatic rings. The molecule has 0 fully saturated rings. The quantitative estimate of drug-likeness (QED) is 0.489. The lowest BCUT2D eigenvalue weighted by Crippen LogP contribution is -2.34. The number of carbonyl (C=O) groups is 3. The van der Waals surface area contributed by atoms with E-state index in [-0.39, 0.29) is 17.6 Å². The average Bonchev–Trinajstić information content (AvgIpc) is 3.04. The average molecular weight is 405 g/mol. The van der Waals surface area contributed by atoms with E-state index in [4.69, 9.17) is 0 Å². The zero-order valence-electron chi connectivity index (χ0n) is 17.4. The van der Waals surface area contributed by atoms with Gasteiger partial charge in [-0.1, -0.05) is 32.0 Å². The van der Waals surface area contributed by atoms with Crippen molar-refractivity contribution in [2.24, 2.45) is 0 Å². The number of para-hydroxylation sites is 1. The molecule has 2 aromatic carbocycles. The molecule has 0 aromatic heterocycles. The molecular weight excluding hydrogens is 378 g/mol. The van der Waals surface area contributed by atoms with Gasteiger partial charge in [0.05, 0.1) is 12.1 Å². The third kappa shape index (κ3) is 5.21. The number of benzene rings is 2. The van der Waals surface area contributed by atoms with Crippen LogP contribution in [0, 0.1) is 0 Å². The van der Waals surface area contributed by atoms with Gasteiger partial charge in [0, 0.05) is 22.5 Å². The molecular formula is C24H27N3O3. The molecule has 0 unspecified atom stereocenters. The molecule has 2 amide bonds. The van der Waals surface area contributed by atoms with Crippen molar-refractivity contribution in [3.05, 3.63) is 65.7 Å². The predicted octanol–water partition coefficient (Wildman–Crippen LogP) is 3.97. The van der Waals surface area contributed by atoms with Crippen molar-refractivity contribution in [3.63, 3.8) is 0 Å². The van der Waals surface area contributed by atoms with E-state index in [1.54, 1.807) is 30.3 Å². The Morgan fingerprint density at radius 2 is 1.67 bits per heavy atom. The van der Waals surface area contributed by atoms with E-state index >= 15 is 0 Å². The largest absolute Gasteiger partial charge is 0.325 e. The molecule has 0 saturated heterocycles. The Morgan fingerprint density at radius 3 is 2.33 bits per heavy atom. The van der Waals surface area contributed by atoms with Crippen molar-refractivity contribution in [2.75, 3.05) is 30.3 Å². The van der Waals surface area contributed by atoms with Crippen LogP contribution >= 0.6 is 0 Å². The van der Waals surface area contributed by atoms with Crippen molar-refractivity contribution < 1.29 is 14.4 Å². The Labute approximate surface area is 177 Å². The summed E-state index contributed by atoms with van der Waals surface area (Å²) in [4.78, 5) is 39.2. The van der Waals surface area contributed by atoms with Gasteiger partial charge < -0.3 is 10.6 Å². The van der Waals surface area contributed by atoms with Crippen molar-refractivity contribution in [3.8, 4) is 0 Å². The molecule has 6 nitrogen and oxygen atoms in total. The van der Waals surface area contributed by atoms with Crippen molar-refractivity contribution in [1.29, 1.82) is 0 Å². The number of hydrogen-bond donors (Lipinski definition) is 2. The van der Waals surface area contributed by atoms with Crippen LogP contribution in [0.15, 0.2) is 54.6 Å². The van der Waals surface area contributed by atoms with E-state index in [1.165, 1.54) is 6.08 Å². The van der Waals surface area contributed by atoms with Gasteiger partial charge in [-0.2, -0.15) is 0 Å². The summed E-state index contributed by atoms with van der Waals surface area (Å²) >= 11 is 0. The molecule has 0 atom stereocenters. The molecule has 2 aromatic rings. The van der Waals surface area contributed by atoms with Gasteiger partial charge in [0.15, 0.2) is 5.78 Å². The molecule has 0 saturated carbocycles. The van der Waals surface area contributed by atoms with Gasteiger partial charge in [-0.3, -0.25) is 19.3 Å². The molecule has 0 aliphatic carbocycles. The minimum atomic E-state index is -0.280. The summed E-state index contributed by atoms with van der Waals surface area (Å²) in [5.74, 6) is -0.610. The van der Waals surface area contributed by atoms with Gasteiger partial charge in [-0.25, -0.2) is 0 Å². The first-order chi connectivity index (χ1) is 14.5. The van der Waals surface area contributed by atoms with Crippen molar-refractivity contribution in [2.45, 2.75) is 26.7 Å². The van der Waals surface area contributed by atoms with Crippen LogP contribution in [0.2, 0.25) is 0 Å². The molecule has 1 heterocycles. The van der Waals surface area contributed by atoms with E-state index < -0.39 is 0 Å². The number of carbonyl (C=O) groups excluding carboxylic acids is 3. The highest BCUT2D eigenvalue weighted by molar-refractivity contribution is 6.35. The van der Waals surface area contributed by atoms with Crippen LogP contribution in [0.4, 0.5) is 11.4 Å². The number of fused-ring (bicyclic) bond motifs is 1. The van der Waals surface area contributed by atoms with Gasteiger partial charge in [0.1, 0.15) is 0 Å². The third-order valence-electron chi connectivity index (χ3n) is 4.89. The molecule has 2 N–H and O–H groups in total. The molecule has 0 spiro atoms. The number of allylic oxidation sites excluding steroid dienone is 1. The second kappa shape index (κ2) is 9.98. The van der Waals surface area contributed by atoms with Crippen LogP contribution in [-0.4, -0.2) is 42.1 Å². The van der Waals surface area contributed by atoms with Crippen LogP contribution in [0.3, 0.4) is 0 Å². The highest BCUT2D eigenvalue weighted by atomic mass is 16.2. The number of nitrogens with zero attached hydrogens (tertiary/aromatic N) is 1. The summed E-state index contributed by atoms with van der Waals surface area (Å²) in [6.07, 6.45) is 3.37. The summed E-state index contributed by atoms with van der Waals surface area (Å²) < 4.78 is 0. The number of anilines is 2. The van der Waals surface area contributed by atoms with Gasteiger partial charge >= 0.3 is 0 Å². The molecule has 30 heavy (non-hydrogen) atoms. The fourth-order valence-electron chi connectivity index (χ4n) is 3.52. The maximum Gasteiger partial charge on any atom is 0.256 e. The SMILES string of the molecule is CCCN(CCC)CC(=O)Nc1ccc(C(=O)/C=C2\C(=O)Nc3ccccc32)cc1. The molecule has 3 rings (SSSR count). The number of nitrogens with one attached hydrogen (secondary N) is 2. The van der Waals surface area contributed by atoms with E-state index in [0.717, 1.165) is 31.5 Å². The fourth-order valence-corrected chi connectivity index (χ4v) is 3.52. The standard InChI is InChI=1S/C24H27N3O3/c1-3-13-27(14-4-2)16-23(29)25-18-11-9-17(10-12-18)22(28)15-20-19-7-5-6-8-21(19)26-24(20)30/h5-12,15H,3-4,13-14,16H2,1-2H3,(H,25,29)(H,26,30)/b20-15-. The Balaban J connectivity index is 1.65. The van der Waals surface area contributed by atoms with Crippen LogP contribution in [0.5, 0.6) is 0 Å². The number of hydrogen-bond acceptors (Lipinski definition) is 4. The first-order valence-electron chi connectivity index (χ1n) is 10.3. The first kappa shape index (κ1) is 21.5. The van der Waals surface area contributed by atoms with Crippen LogP contribution in [0.1, 0.15) is 42.6 Å². The maximum atomic E-state index is 12.6. The summed E-state index contributed by atoms with van der Waals surface area (Å²) in [5, 5.41) is 5.63. The first-order valence-corrected chi connectivity index (χ1v) is 10.3. The van der Waals surface area contributed by atoms with Crippen molar-refractivity contribution in [1.82, 2.24) is 4.90 Å². The lowest BCUT2D eigenvalue weighted by molar-refractivity contribution is -0.117. The summed E-state index contributed by atoms with van der Waals surface area (Å²) in [6.45, 7) is 6.32. The van der Waals surface area contributed by atoms with Gasteiger partial charge in [-0.05, 0) is 62.3 Å². The lowest BCUT2D eigenvalue weighted by Gasteiger charge is -2.20. The summed E-state index contributed by atoms with van der Waals surface area (Å²) in [5.41, 5.74) is 2.89. The Kier molecular flexibility index (Phi) is 7.14. The zero-order chi connectivity index (χ0) is 21.5. The predicted molar refractivity (Wildman–Crippen MR) is 119 cm³/mol. The summed E-state index contributed by atoms with van der Waals surface area (Å²) in [6, 6.07) is 14.0. The van der Waals surface area contributed by atoms with E-state index in [2.05, 4.69) is 29.4 Å². The molecule has 0 radical (unpaired) electrons. The molecule has 1 aliphatic heterocycles. The van der Waals surface area contributed by atoms with Crippen LogP contribution in [-0.2, 0) is 9.59 Å². The third-order valence-corrected chi connectivity index (χ3v) is 4.89. The number of rotatable bonds is 9. The van der Waals surface area contributed by atoms with Gasteiger partial charge in [-0.15, -0.1) is 0 Å². The highest BCUT2D eigenvalue weighted by Crippen LogP contribution is 2.31. The number of ketones is 1. The Hall–Kier alpha value is -3.25.